The average molecular weight is 286 g/mol. The van der Waals surface area contributed by atoms with Crippen LogP contribution in [0.25, 0.3) is 0 Å². The lowest BCUT2D eigenvalue weighted by atomic mass is 10.3. The molecule has 19 heavy (non-hydrogen) atoms. The predicted octanol–water partition coefficient (Wildman–Crippen LogP) is 0.935. The maximum absolute atomic E-state index is 11.2. The fourth-order valence-electron chi connectivity index (χ4n) is 1.43. The SMILES string of the molecule is C[C@@H](COc1ccccc1)NCCN(C)S(C)(=O)=O. The number of nitrogens with one attached hydrogen (secondary N) is 1. The molecule has 0 aliphatic heterocycles. The Morgan fingerprint density at radius 3 is 2.53 bits per heavy atom. The monoisotopic (exact) mass is 286 g/mol. The lowest BCUT2D eigenvalue weighted by molar-refractivity contribution is 0.271. The Bertz CT molecular complexity index is 462. The molecule has 1 N–H and O–H groups in total. The number of para-hydroxylation sites is 1. The average Bonchev–Trinajstić information content (AvgIpc) is 2.36. The topological polar surface area (TPSA) is 58.6 Å². The summed E-state index contributed by atoms with van der Waals surface area (Å²) in [6, 6.07) is 9.76. The van der Waals surface area contributed by atoms with E-state index < -0.39 is 10.0 Å². The van der Waals surface area contributed by atoms with Gasteiger partial charge in [-0.3, -0.25) is 0 Å². The molecule has 0 aliphatic carbocycles. The second-order valence-corrected chi connectivity index (χ2v) is 6.65. The van der Waals surface area contributed by atoms with E-state index in [1.165, 1.54) is 10.6 Å². The van der Waals surface area contributed by atoms with Gasteiger partial charge >= 0.3 is 0 Å². The van der Waals surface area contributed by atoms with Crippen LogP contribution in [0.1, 0.15) is 6.92 Å². The van der Waals surface area contributed by atoms with Crippen LogP contribution in [-0.2, 0) is 10.0 Å². The summed E-state index contributed by atoms with van der Waals surface area (Å²) < 4.78 is 29.3. The van der Waals surface area contributed by atoms with Crippen LogP contribution in [-0.4, -0.2) is 51.8 Å². The van der Waals surface area contributed by atoms with Crippen molar-refractivity contribution in [1.29, 1.82) is 0 Å². The Kier molecular flexibility index (Phi) is 6.27. The highest BCUT2D eigenvalue weighted by atomic mass is 32.2. The predicted molar refractivity (Wildman–Crippen MR) is 76.9 cm³/mol. The van der Waals surface area contributed by atoms with Gasteiger partial charge in [0.1, 0.15) is 12.4 Å². The third kappa shape index (κ3) is 6.56. The van der Waals surface area contributed by atoms with Crippen molar-refractivity contribution in [1.82, 2.24) is 9.62 Å². The highest BCUT2D eigenvalue weighted by Gasteiger charge is 2.10. The Hall–Kier alpha value is -1.11. The smallest absolute Gasteiger partial charge is 0.210 e. The molecule has 0 bridgehead atoms. The highest BCUT2D eigenvalue weighted by Crippen LogP contribution is 2.08. The largest absolute Gasteiger partial charge is 0.492 e. The zero-order valence-electron chi connectivity index (χ0n) is 11.7. The number of ether oxygens (including phenoxy) is 1. The summed E-state index contributed by atoms with van der Waals surface area (Å²) in [5.74, 6) is 0.837. The van der Waals surface area contributed by atoms with E-state index in [0.717, 1.165) is 5.75 Å². The van der Waals surface area contributed by atoms with Crippen molar-refractivity contribution in [3.63, 3.8) is 0 Å². The maximum Gasteiger partial charge on any atom is 0.210 e. The van der Waals surface area contributed by atoms with Crippen molar-refractivity contribution in [2.75, 3.05) is 33.0 Å². The number of rotatable bonds is 8. The highest BCUT2D eigenvalue weighted by molar-refractivity contribution is 7.88. The second kappa shape index (κ2) is 7.47. The number of nitrogens with zero attached hydrogens (tertiary/aromatic N) is 1. The van der Waals surface area contributed by atoms with Crippen LogP contribution in [0.3, 0.4) is 0 Å². The first-order valence-electron chi connectivity index (χ1n) is 6.22. The van der Waals surface area contributed by atoms with Gasteiger partial charge in [-0.1, -0.05) is 18.2 Å². The molecule has 0 saturated heterocycles. The van der Waals surface area contributed by atoms with E-state index in [9.17, 15) is 8.42 Å². The summed E-state index contributed by atoms with van der Waals surface area (Å²) in [5.41, 5.74) is 0. The number of benzene rings is 1. The third-order valence-electron chi connectivity index (χ3n) is 2.73. The van der Waals surface area contributed by atoms with Crippen LogP contribution >= 0.6 is 0 Å². The molecule has 0 spiro atoms. The Labute approximate surface area is 115 Å². The van der Waals surface area contributed by atoms with Crippen LogP contribution in [0.5, 0.6) is 5.75 Å². The summed E-state index contributed by atoms with van der Waals surface area (Å²) in [6.45, 7) is 3.60. The molecule has 0 heterocycles. The van der Waals surface area contributed by atoms with Crippen molar-refractivity contribution in [3.8, 4) is 5.75 Å². The molecule has 1 atom stereocenters. The first-order valence-corrected chi connectivity index (χ1v) is 8.07. The fraction of sp³-hybridized carbons (Fsp3) is 0.538. The molecule has 1 rings (SSSR count). The number of hydrogen-bond acceptors (Lipinski definition) is 4. The molecule has 0 fully saturated rings. The molecule has 5 nitrogen and oxygen atoms in total. The van der Waals surface area contributed by atoms with E-state index in [-0.39, 0.29) is 6.04 Å². The van der Waals surface area contributed by atoms with E-state index in [4.69, 9.17) is 4.74 Å². The van der Waals surface area contributed by atoms with Crippen molar-refractivity contribution < 1.29 is 13.2 Å². The number of likely N-dealkylation sites (N-methyl/N-ethyl adjacent to an activating group) is 1. The molecule has 108 valence electrons. The summed E-state index contributed by atoms with van der Waals surface area (Å²) in [6.07, 6.45) is 1.20. The van der Waals surface area contributed by atoms with Crippen molar-refractivity contribution in [2.45, 2.75) is 13.0 Å². The van der Waals surface area contributed by atoms with Crippen molar-refractivity contribution >= 4 is 10.0 Å². The van der Waals surface area contributed by atoms with Gasteiger partial charge in [0, 0.05) is 26.2 Å². The van der Waals surface area contributed by atoms with Crippen LogP contribution in [0.4, 0.5) is 0 Å². The molecular formula is C13H22N2O3S. The van der Waals surface area contributed by atoms with Gasteiger partial charge in [-0.05, 0) is 19.1 Å². The molecule has 0 aliphatic rings. The van der Waals surface area contributed by atoms with Crippen molar-refractivity contribution in [3.05, 3.63) is 30.3 Å². The van der Waals surface area contributed by atoms with Gasteiger partial charge < -0.3 is 10.1 Å². The van der Waals surface area contributed by atoms with E-state index in [2.05, 4.69) is 5.32 Å². The Balaban J connectivity index is 2.20. The summed E-state index contributed by atoms with van der Waals surface area (Å²) in [4.78, 5) is 0. The molecule has 6 heteroatoms. The minimum atomic E-state index is -3.09. The Morgan fingerprint density at radius 2 is 1.95 bits per heavy atom. The van der Waals surface area contributed by atoms with Gasteiger partial charge in [-0.2, -0.15) is 0 Å². The first kappa shape index (κ1) is 15.9. The molecule has 0 amide bonds. The zero-order valence-corrected chi connectivity index (χ0v) is 12.5. The van der Waals surface area contributed by atoms with Crippen LogP contribution in [0.15, 0.2) is 30.3 Å². The van der Waals surface area contributed by atoms with E-state index in [0.29, 0.717) is 19.7 Å². The molecule has 0 aromatic heterocycles. The lowest BCUT2D eigenvalue weighted by Crippen LogP contribution is -2.38. The van der Waals surface area contributed by atoms with Crippen LogP contribution in [0, 0.1) is 0 Å². The van der Waals surface area contributed by atoms with Gasteiger partial charge in [0.15, 0.2) is 0 Å². The number of sulfonamides is 1. The summed E-state index contributed by atoms with van der Waals surface area (Å²) in [5, 5.41) is 3.22. The van der Waals surface area contributed by atoms with E-state index >= 15 is 0 Å². The van der Waals surface area contributed by atoms with Gasteiger partial charge in [-0.25, -0.2) is 12.7 Å². The molecular weight excluding hydrogens is 264 g/mol. The normalized spacial score (nSPS) is 13.5. The zero-order chi connectivity index (χ0) is 14.3. The lowest BCUT2D eigenvalue weighted by Gasteiger charge is -2.18. The molecule has 0 saturated carbocycles. The van der Waals surface area contributed by atoms with Crippen molar-refractivity contribution in [2.24, 2.45) is 0 Å². The minimum Gasteiger partial charge on any atom is -0.492 e. The second-order valence-electron chi connectivity index (χ2n) is 4.56. The van der Waals surface area contributed by atoms with Crippen LogP contribution < -0.4 is 10.1 Å². The third-order valence-corrected chi connectivity index (χ3v) is 4.04. The van der Waals surface area contributed by atoms with Crippen LogP contribution in [0.2, 0.25) is 0 Å². The first-order chi connectivity index (χ1) is 8.89. The number of hydrogen-bond donors (Lipinski definition) is 1. The van der Waals surface area contributed by atoms with Gasteiger partial charge in [0.05, 0.1) is 6.26 Å². The van der Waals surface area contributed by atoms with Gasteiger partial charge in [0.25, 0.3) is 0 Å². The van der Waals surface area contributed by atoms with E-state index in [1.54, 1.807) is 7.05 Å². The maximum atomic E-state index is 11.2. The molecule has 1 aromatic rings. The summed E-state index contributed by atoms with van der Waals surface area (Å²) in [7, 11) is -1.52. The van der Waals surface area contributed by atoms with Gasteiger partial charge in [-0.15, -0.1) is 0 Å². The minimum absolute atomic E-state index is 0.160. The quantitative estimate of drug-likeness (QED) is 0.772. The fourth-order valence-corrected chi connectivity index (χ4v) is 1.85. The van der Waals surface area contributed by atoms with Gasteiger partial charge in [0.2, 0.25) is 10.0 Å². The standard InChI is InChI=1S/C13H22N2O3S/c1-12(11-18-13-7-5-4-6-8-13)14-9-10-15(2)19(3,16)17/h4-8,12,14H,9-11H2,1-3H3/t12-/m0/s1. The molecule has 0 unspecified atom stereocenters. The van der Waals surface area contributed by atoms with E-state index in [1.807, 2.05) is 37.3 Å². The molecule has 1 aromatic carbocycles. The molecule has 0 radical (unpaired) electrons. The Morgan fingerprint density at radius 1 is 1.32 bits per heavy atom. The summed E-state index contributed by atoms with van der Waals surface area (Å²) >= 11 is 0.